The molecular formula is C25H37N5O. The Hall–Kier alpha value is -2.57. The minimum atomic E-state index is 0.649. The Morgan fingerprint density at radius 1 is 0.968 bits per heavy atom. The zero-order chi connectivity index (χ0) is 21.9. The Morgan fingerprint density at radius 2 is 1.74 bits per heavy atom. The Morgan fingerprint density at radius 3 is 2.52 bits per heavy atom. The van der Waals surface area contributed by atoms with Crippen LogP contribution in [-0.2, 0) is 19.6 Å². The third kappa shape index (κ3) is 7.56. The SMILES string of the molecule is CCNC(=NCc1ccc(CN2CCCN(C)CC2)cc1)NCc1ccccc1OC. The molecule has 0 amide bonds. The molecule has 0 unspecified atom stereocenters. The van der Waals surface area contributed by atoms with Gasteiger partial charge >= 0.3 is 0 Å². The molecule has 1 saturated heterocycles. The molecule has 6 nitrogen and oxygen atoms in total. The van der Waals surface area contributed by atoms with Crippen molar-refractivity contribution in [3.8, 4) is 5.75 Å². The molecule has 2 aromatic carbocycles. The van der Waals surface area contributed by atoms with Crippen LogP contribution >= 0.6 is 0 Å². The molecule has 6 heteroatoms. The van der Waals surface area contributed by atoms with E-state index in [-0.39, 0.29) is 0 Å². The largest absolute Gasteiger partial charge is 0.496 e. The van der Waals surface area contributed by atoms with Gasteiger partial charge in [0, 0.05) is 38.3 Å². The molecule has 0 aromatic heterocycles. The number of nitrogens with one attached hydrogen (secondary N) is 2. The van der Waals surface area contributed by atoms with Crippen molar-refractivity contribution >= 4 is 5.96 Å². The van der Waals surface area contributed by atoms with E-state index in [1.807, 2.05) is 18.2 Å². The number of hydrogen-bond acceptors (Lipinski definition) is 4. The third-order valence-electron chi connectivity index (χ3n) is 5.64. The maximum Gasteiger partial charge on any atom is 0.191 e. The summed E-state index contributed by atoms with van der Waals surface area (Å²) in [5.41, 5.74) is 3.70. The van der Waals surface area contributed by atoms with Gasteiger partial charge in [0.2, 0.25) is 0 Å². The van der Waals surface area contributed by atoms with E-state index in [0.717, 1.165) is 43.5 Å². The number of guanidine groups is 1. The molecule has 0 bridgehead atoms. The van der Waals surface area contributed by atoms with Gasteiger partial charge in [-0.25, -0.2) is 4.99 Å². The molecule has 1 aliphatic rings. The summed E-state index contributed by atoms with van der Waals surface area (Å²) in [4.78, 5) is 9.74. The lowest BCUT2D eigenvalue weighted by molar-refractivity contribution is 0.269. The van der Waals surface area contributed by atoms with E-state index < -0.39 is 0 Å². The number of likely N-dealkylation sites (N-methyl/N-ethyl adjacent to an activating group) is 1. The smallest absolute Gasteiger partial charge is 0.191 e. The van der Waals surface area contributed by atoms with Gasteiger partial charge in [0.1, 0.15) is 5.75 Å². The van der Waals surface area contributed by atoms with Gasteiger partial charge in [-0.05, 0) is 50.7 Å². The minimum Gasteiger partial charge on any atom is -0.496 e. The summed E-state index contributed by atoms with van der Waals surface area (Å²) >= 11 is 0. The van der Waals surface area contributed by atoms with Crippen molar-refractivity contribution in [1.29, 1.82) is 0 Å². The van der Waals surface area contributed by atoms with Gasteiger partial charge in [0.15, 0.2) is 5.96 Å². The van der Waals surface area contributed by atoms with Crippen molar-refractivity contribution in [3.05, 3.63) is 65.2 Å². The zero-order valence-corrected chi connectivity index (χ0v) is 19.2. The molecule has 1 aliphatic heterocycles. The summed E-state index contributed by atoms with van der Waals surface area (Å²) in [6.45, 7) is 9.93. The predicted molar refractivity (Wildman–Crippen MR) is 128 cm³/mol. The molecule has 168 valence electrons. The Labute approximate surface area is 187 Å². The first-order valence-electron chi connectivity index (χ1n) is 11.3. The number of ether oxygens (including phenoxy) is 1. The molecule has 0 aliphatic carbocycles. The number of para-hydroxylation sites is 1. The lowest BCUT2D eigenvalue weighted by Gasteiger charge is -2.20. The van der Waals surface area contributed by atoms with Crippen molar-refractivity contribution in [2.75, 3.05) is 46.9 Å². The average molecular weight is 424 g/mol. The Kier molecular flexibility index (Phi) is 9.18. The topological polar surface area (TPSA) is 52.1 Å². The van der Waals surface area contributed by atoms with Crippen molar-refractivity contribution in [1.82, 2.24) is 20.4 Å². The Balaban J connectivity index is 1.54. The molecule has 0 spiro atoms. The monoisotopic (exact) mass is 423 g/mol. The first-order valence-corrected chi connectivity index (χ1v) is 11.3. The van der Waals surface area contributed by atoms with Crippen LogP contribution in [0.3, 0.4) is 0 Å². The lowest BCUT2D eigenvalue weighted by atomic mass is 10.1. The average Bonchev–Trinajstić information content (AvgIpc) is 3.00. The molecule has 0 atom stereocenters. The summed E-state index contributed by atoms with van der Waals surface area (Å²) in [5.74, 6) is 1.70. The number of aliphatic imine (C=N–C) groups is 1. The normalized spacial score (nSPS) is 16.0. The zero-order valence-electron chi connectivity index (χ0n) is 19.2. The highest BCUT2D eigenvalue weighted by Gasteiger charge is 2.12. The number of rotatable bonds is 8. The molecule has 1 heterocycles. The molecular weight excluding hydrogens is 386 g/mol. The van der Waals surface area contributed by atoms with Crippen LogP contribution in [0.5, 0.6) is 5.75 Å². The van der Waals surface area contributed by atoms with E-state index in [2.05, 4.69) is 64.7 Å². The standard InChI is InChI=1S/C25H37N5O/c1-4-26-25(28-19-23-8-5-6-9-24(23)31-3)27-18-21-10-12-22(13-11-21)20-30-15-7-14-29(2)16-17-30/h5-6,8-13H,4,7,14-20H2,1-3H3,(H2,26,27,28). The summed E-state index contributed by atoms with van der Waals surface area (Å²) in [6.07, 6.45) is 1.25. The molecule has 0 radical (unpaired) electrons. The lowest BCUT2D eigenvalue weighted by Crippen LogP contribution is -2.36. The van der Waals surface area contributed by atoms with Crippen LogP contribution in [0, 0.1) is 0 Å². The van der Waals surface area contributed by atoms with Gasteiger partial charge in [-0.1, -0.05) is 42.5 Å². The molecule has 31 heavy (non-hydrogen) atoms. The van der Waals surface area contributed by atoms with Crippen LogP contribution in [0.4, 0.5) is 0 Å². The van der Waals surface area contributed by atoms with E-state index in [4.69, 9.17) is 9.73 Å². The maximum absolute atomic E-state index is 5.44. The van der Waals surface area contributed by atoms with Crippen LogP contribution in [-0.4, -0.2) is 62.6 Å². The van der Waals surface area contributed by atoms with Crippen molar-refractivity contribution in [2.24, 2.45) is 4.99 Å². The fourth-order valence-corrected chi connectivity index (χ4v) is 3.81. The third-order valence-corrected chi connectivity index (χ3v) is 5.64. The highest BCUT2D eigenvalue weighted by molar-refractivity contribution is 5.79. The fraction of sp³-hybridized carbons (Fsp3) is 0.480. The van der Waals surface area contributed by atoms with Crippen LogP contribution in [0.1, 0.15) is 30.0 Å². The van der Waals surface area contributed by atoms with E-state index in [9.17, 15) is 0 Å². The van der Waals surface area contributed by atoms with E-state index >= 15 is 0 Å². The highest BCUT2D eigenvalue weighted by Crippen LogP contribution is 2.16. The first-order chi connectivity index (χ1) is 15.2. The summed E-state index contributed by atoms with van der Waals surface area (Å²) in [7, 11) is 3.92. The number of benzene rings is 2. The number of nitrogens with zero attached hydrogens (tertiary/aromatic N) is 3. The van der Waals surface area contributed by atoms with E-state index in [1.54, 1.807) is 7.11 Å². The predicted octanol–water partition coefficient (Wildman–Crippen LogP) is 3.09. The quantitative estimate of drug-likeness (QED) is 0.505. The van der Waals surface area contributed by atoms with Gasteiger partial charge in [0.05, 0.1) is 13.7 Å². The van der Waals surface area contributed by atoms with Crippen LogP contribution < -0.4 is 15.4 Å². The van der Waals surface area contributed by atoms with Crippen molar-refractivity contribution < 1.29 is 4.74 Å². The molecule has 2 aromatic rings. The number of methoxy groups -OCH3 is 1. The van der Waals surface area contributed by atoms with Crippen molar-refractivity contribution in [3.63, 3.8) is 0 Å². The summed E-state index contributed by atoms with van der Waals surface area (Å²) in [6, 6.07) is 16.9. The molecule has 3 rings (SSSR count). The minimum absolute atomic E-state index is 0.649. The second kappa shape index (κ2) is 12.3. The highest BCUT2D eigenvalue weighted by atomic mass is 16.5. The second-order valence-electron chi connectivity index (χ2n) is 8.11. The summed E-state index contributed by atoms with van der Waals surface area (Å²) in [5, 5.41) is 6.73. The van der Waals surface area contributed by atoms with Gasteiger partial charge in [-0.2, -0.15) is 0 Å². The maximum atomic E-state index is 5.44. The van der Waals surface area contributed by atoms with Crippen LogP contribution in [0.2, 0.25) is 0 Å². The Bertz CT molecular complexity index is 821. The molecule has 1 fully saturated rings. The van der Waals surface area contributed by atoms with Crippen LogP contribution in [0.15, 0.2) is 53.5 Å². The van der Waals surface area contributed by atoms with Gasteiger partial charge in [0.25, 0.3) is 0 Å². The van der Waals surface area contributed by atoms with E-state index in [1.165, 1.54) is 30.6 Å². The molecule has 2 N–H and O–H groups in total. The van der Waals surface area contributed by atoms with Crippen molar-refractivity contribution in [2.45, 2.75) is 33.0 Å². The second-order valence-corrected chi connectivity index (χ2v) is 8.11. The first kappa shape index (κ1) is 23.1. The van der Waals surface area contributed by atoms with E-state index in [0.29, 0.717) is 13.1 Å². The van der Waals surface area contributed by atoms with Gasteiger partial charge in [-0.15, -0.1) is 0 Å². The van der Waals surface area contributed by atoms with Gasteiger partial charge in [-0.3, -0.25) is 4.90 Å². The molecule has 0 saturated carbocycles. The van der Waals surface area contributed by atoms with Crippen LogP contribution in [0.25, 0.3) is 0 Å². The van der Waals surface area contributed by atoms with Gasteiger partial charge < -0.3 is 20.3 Å². The summed E-state index contributed by atoms with van der Waals surface area (Å²) < 4.78 is 5.44. The fourth-order valence-electron chi connectivity index (χ4n) is 3.81. The number of hydrogen-bond donors (Lipinski definition) is 2.